The first-order valence-corrected chi connectivity index (χ1v) is 8.68. The molecule has 0 N–H and O–H groups in total. The Morgan fingerprint density at radius 1 is 1.28 bits per heavy atom. The largest absolute Gasteiger partial charge is 0.475 e. The Kier molecular flexibility index (Phi) is 7.07. The summed E-state index contributed by atoms with van der Waals surface area (Å²) in [5.74, 6) is -1.05. The molecule has 0 saturated carbocycles. The van der Waals surface area contributed by atoms with Crippen molar-refractivity contribution < 1.29 is 37.4 Å². The van der Waals surface area contributed by atoms with Gasteiger partial charge in [-0.2, -0.15) is 13.2 Å². The molecule has 0 saturated heterocycles. The number of carbonyl (C=O) groups is 1. The van der Waals surface area contributed by atoms with Crippen molar-refractivity contribution >= 4 is 12.0 Å². The van der Waals surface area contributed by atoms with E-state index < -0.39 is 28.9 Å². The van der Waals surface area contributed by atoms with Gasteiger partial charge in [-0.05, 0) is 38.6 Å². The Labute approximate surface area is 164 Å². The molecule has 0 spiro atoms. The number of alkyl halides is 3. The molecule has 0 aromatic heterocycles. The van der Waals surface area contributed by atoms with Gasteiger partial charge in [-0.25, -0.2) is 4.79 Å². The van der Waals surface area contributed by atoms with Gasteiger partial charge >= 0.3 is 12.1 Å². The lowest BCUT2D eigenvalue weighted by Gasteiger charge is -2.29. The SMILES string of the molecule is Cc1cc(C)c2c(c1)C=C(C(=O)OCCN(C)CCO[N+](=O)[O-])[C@@H](C(F)(F)F)O2. The van der Waals surface area contributed by atoms with Gasteiger partial charge in [-0.1, -0.05) is 11.6 Å². The van der Waals surface area contributed by atoms with Crippen molar-refractivity contribution in [2.45, 2.75) is 26.1 Å². The minimum absolute atomic E-state index is 0.0833. The molecule has 1 aromatic carbocycles. The zero-order valence-corrected chi connectivity index (χ0v) is 16.1. The van der Waals surface area contributed by atoms with Crippen LogP contribution in [0.15, 0.2) is 17.7 Å². The number of benzene rings is 1. The van der Waals surface area contributed by atoms with Crippen molar-refractivity contribution in [3.8, 4) is 5.75 Å². The fraction of sp³-hybridized carbons (Fsp3) is 0.500. The molecule has 29 heavy (non-hydrogen) atoms. The van der Waals surface area contributed by atoms with Gasteiger partial charge in [0.1, 0.15) is 19.0 Å². The number of aryl methyl sites for hydroxylation is 2. The maximum atomic E-state index is 13.5. The Morgan fingerprint density at radius 3 is 2.55 bits per heavy atom. The van der Waals surface area contributed by atoms with Crippen molar-refractivity contribution in [2.75, 3.05) is 33.4 Å². The third-order valence-electron chi connectivity index (χ3n) is 4.19. The molecular formula is C18H21F3N2O6. The van der Waals surface area contributed by atoms with Gasteiger partial charge < -0.3 is 19.2 Å². The van der Waals surface area contributed by atoms with Gasteiger partial charge in [-0.15, -0.1) is 10.1 Å². The summed E-state index contributed by atoms with van der Waals surface area (Å²) in [5.41, 5.74) is 1.10. The molecular weight excluding hydrogens is 397 g/mol. The van der Waals surface area contributed by atoms with E-state index in [4.69, 9.17) is 9.47 Å². The minimum Gasteiger partial charge on any atom is -0.475 e. The molecule has 0 radical (unpaired) electrons. The average Bonchev–Trinajstić information content (AvgIpc) is 2.59. The molecule has 0 aliphatic carbocycles. The highest BCUT2D eigenvalue weighted by molar-refractivity contribution is 5.96. The first kappa shape index (κ1) is 22.5. The topological polar surface area (TPSA) is 91.1 Å². The number of ether oxygens (including phenoxy) is 2. The molecule has 1 heterocycles. The Balaban J connectivity index is 2.07. The maximum absolute atomic E-state index is 13.5. The van der Waals surface area contributed by atoms with Crippen molar-refractivity contribution in [1.82, 2.24) is 4.90 Å². The molecule has 160 valence electrons. The number of nitrogens with zero attached hydrogens (tertiary/aromatic N) is 2. The first-order chi connectivity index (χ1) is 13.5. The lowest BCUT2D eigenvalue weighted by atomic mass is 9.97. The molecule has 0 bridgehead atoms. The van der Waals surface area contributed by atoms with Crippen molar-refractivity contribution in [3.05, 3.63) is 44.5 Å². The normalized spacial score (nSPS) is 16.0. The quantitative estimate of drug-likeness (QED) is 0.364. The summed E-state index contributed by atoms with van der Waals surface area (Å²) in [6.45, 7) is 3.38. The van der Waals surface area contributed by atoms with Gasteiger partial charge in [0.2, 0.25) is 6.10 Å². The highest BCUT2D eigenvalue weighted by atomic mass is 19.4. The molecule has 1 aromatic rings. The minimum atomic E-state index is -4.80. The Morgan fingerprint density at radius 2 is 1.93 bits per heavy atom. The van der Waals surface area contributed by atoms with E-state index in [1.807, 2.05) is 0 Å². The average molecular weight is 418 g/mol. The van der Waals surface area contributed by atoms with Gasteiger partial charge in [-0.3, -0.25) is 0 Å². The molecule has 0 unspecified atom stereocenters. The second-order valence-electron chi connectivity index (χ2n) is 6.64. The van der Waals surface area contributed by atoms with Crippen molar-refractivity contribution in [3.63, 3.8) is 0 Å². The smallest absolute Gasteiger partial charge is 0.430 e. The molecule has 1 atom stereocenters. The number of carbonyl (C=O) groups excluding carboxylic acids is 1. The first-order valence-electron chi connectivity index (χ1n) is 8.68. The van der Waals surface area contributed by atoms with E-state index in [2.05, 4.69) is 4.84 Å². The highest BCUT2D eigenvalue weighted by Gasteiger charge is 2.49. The number of esters is 1. The van der Waals surface area contributed by atoms with Gasteiger partial charge in [0.05, 0.1) is 5.57 Å². The summed E-state index contributed by atoms with van der Waals surface area (Å²) in [6, 6.07) is 3.33. The fourth-order valence-electron chi connectivity index (χ4n) is 2.85. The molecule has 0 fully saturated rings. The predicted octanol–water partition coefficient (Wildman–Crippen LogP) is 2.69. The van der Waals surface area contributed by atoms with E-state index >= 15 is 0 Å². The highest BCUT2D eigenvalue weighted by Crippen LogP contribution is 2.39. The summed E-state index contributed by atoms with van der Waals surface area (Å²) in [4.78, 5) is 28.1. The molecule has 11 heteroatoms. The lowest BCUT2D eigenvalue weighted by molar-refractivity contribution is -0.757. The molecule has 2 rings (SSSR count). The van der Waals surface area contributed by atoms with Crippen LogP contribution in [-0.4, -0.2) is 61.6 Å². The number of hydrogen-bond donors (Lipinski definition) is 0. The maximum Gasteiger partial charge on any atom is 0.430 e. The summed E-state index contributed by atoms with van der Waals surface area (Å²) in [7, 11) is 1.60. The summed E-state index contributed by atoms with van der Waals surface area (Å²) >= 11 is 0. The predicted molar refractivity (Wildman–Crippen MR) is 95.8 cm³/mol. The van der Waals surface area contributed by atoms with Crippen LogP contribution in [0.4, 0.5) is 13.2 Å². The number of hydrogen-bond acceptors (Lipinski definition) is 7. The number of likely N-dealkylation sites (N-methyl/N-ethyl adjacent to an activating group) is 1. The lowest BCUT2D eigenvalue weighted by Crippen LogP contribution is -2.41. The second-order valence-corrected chi connectivity index (χ2v) is 6.64. The molecule has 1 aliphatic rings. The molecule has 8 nitrogen and oxygen atoms in total. The van der Waals surface area contributed by atoms with E-state index in [0.717, 1.165) is 11.6 Å². The zero-order valence-electron chi connectivity index (χ0n) is 16.1. The van der Waals surface area contributed by atoms with Crippen LogP contribution in [0.5, 0.6) is 5.75 Å². The zero-order chi connectivity index (χ0) is 21.8. The summed E-state index contributed by atoms with van der Waals surface area (Å²) in [5, 5.41) is 9.16. The van der Waals surface area contributed by atoms with Crippen LogP contribution in [0.25, 0.3) is 6.08 Å². The number of fused-ring (bicyclic) bond motifs is 1. The monoisotopic (exact) mass is 418 g/mol. The van der Waals surface area contributed by atoms with E-state index in [0.29, 0.717) is 11.1 Å². The number of halogens is 3. The summed E-state index contributed by atoms with van der Waals surface area (Å²) < 4.78 is 50.5. The van der Waals surface area contributed by atoms with Crippen LogP contribution in [0.2, 0.25) is 0 Å². The third kappa shape index (κ3) is 6.08. The Hall–Kier alpha value is -2.82. The fourth-order valence-corrected chi connectivity index (χ4v) is 2.85. The van der Waals surface area contributed by atoms with E-state index in [1.165, 1.54) is 0 Å². The van der Waals surface area contributed by atoms with Crippen LogP contribution in [0.3, 0.4) is 0 Å². The van der Waals surface area contributed by atoms with Crippen LogP contribution >= 0.6 is 0 Å². The molecule has 0 amide bonds. The van der Waals surface area contributed by atoms with Crippen LogP contribution < -0.4 is 4.74 Å². The van der Waals surface area contributed by atoms with E-state index in [1.54, 1.807) is 37.9 Å². The second kappa shape index (κ2) is 9.12. The van der Waals surface area contributed by atoms with Crippen LogP contribution in [0, 0.1) is 24.0 Å². The van der Waals surface area contributed by atoms with Gasteiger partial charge in [0.15, 0.2) is 0 Å². The van der Waals surface area contributed by atoms with Crippen LogP contribution in [0.1, 0.15) is 16.7 Å². The standard InChI is InChI=1S/C18H21F3N2O6/c1-11-8-12(2)15-13(9-11)10-14(16(29-15)18(19,20)21)17(24)27-6-4-22(3)5-7-28-23(25)26/h8-10,16H,4-7H2,1-3H3/t16-/m0/s1. The molecule has 1 aliphatic heterocycles. The van der Waals surface area contributed by atoms with Gasteiger partial charge in [0.25, 0.3) is 5.09 Å². The summed E-state index contributed by atoms with van der Waals surface area (Å²) in [6.07, 6.45) is -6.07. The van der Waals surface area contributed by atoms with E-state index in [9.17, 15) is 28.1 Å². The Bertz CT molecular complexity index is 810. The third-order valence-corrected chi connectivity index (χ3v) is 4.19. The number of rotatable bonds is 8. The van der Waals surface area contributed by atoms with Crippen molar-refractivity contribution in [2.24, 2.45) is 0 Å². The van der Waals surface area contributed by atoms with Crippen molar-refractivity contribution in [1.29, 1.82) is 0 Å². The van der Waals surface area contributed by atoms with Crippen LogP contribution in [-0.2, 0) is 14.4 Å². The van der Waals surface area contributed by atoms with Gasteiger partial charge in [0, 0.05) is 18.7 Å². The van der Waals surface area contributed by atoms with E-state index in [-0.39, 0.29) is 32.1 Å².